The second kappa shape index (κ2) is 6.64. The monoisotopic (exact) mass is 421 g/mol. The number of nitrogens with zero attached hydrogens (tertiary/aromatic N) is 4. The van der Waals surface area contributed by atoms with Crippen molar-refractivity contribution in [1.82, 2.24) is 18.9 Å². The summed E-state index contributed by atoms with van der Waals surface area (Å²) >= 11 is 0.991. The van der Waals surface area contributed by atoms with Crippen LogP contribution in [0.2, 0.25) is 0 Å². The highest BCUT2D eigenvalue weighted by molar-refractivity contribution is 7.93. The molecule has 29 heavy (non-hydrogen) atoms. The molecule has 9 heteroatoms. The lowest BCUT2D eigenvalue weighted by molar-refractivity contribution is 0.601. The van der Waals surface area contributed by atoms with Crippen molar-refractivity contribution in [3.63, 3.8) is 0 Å². The molecule has 0 amide bonds. The van der Waals surface area contributed by atoms with E-state index in [2.05, 4.69) is 25.1 Å². The van der Waals surface area contributed by atoms with Crippen molar-refractivity contribution >= 4 is 48.5 Å². The molecule has 0 aliphatic carbocycles. The van der Waals surface area contributed by atoms with Gasteiger partial charge in [-0.15, -0.1) is 0 Å². The van der Waals surface area contributed by atoms with Gasteiger partial charge >= 0.3 is 0 Å². The van der Waals surface area contributed by atoms with Crippen molar-refractivity contribution < 1.29 is 8.42 Å². The molecule has 0 saturated carbocycles. The van der Waals surface area contributed by atoms with Crippen LogP contribution in [0.1, 0.15) is 0 Å². The molecule has 0 atom stereocenters. The van der Waals surface area contributed by atoms with E-state index in [4.69, 9.17) is 0 Å². The number of aryl methyl sites for hydroxylation is 1. The minimum absolute atomic E-state index is 0.174. The van der Waals surface area contributed by atoms with Crippen molar-refractivity contribution in [1.29, 1.82) is 0 Å². The predicted octanol–water partition coefficient (Wildman–Crippen LogP) is 4.05. The number of benzene rings is 2. The van der Waals surface area contributed by atoms with E-state index < -0.39 is 10.0 Å². The van der Waals surface area contributed by atoms with E-state index in [9.17, 15) is 8.42 Å². The zero-order valence-electron chi connectivity index (χ0n) is 15.3. The summed E-state index contributed by atoms with van der Waals surface area (Å²) in [6.45, 7) is 0. The maximum Gasteiger partial charge on any atom is 0.263 e. The maximum absolute atomic E-state index is 12.7. The summed E-state index contributed by atoms with van der Waals surface area (Å²) in [5.74, 6) is 0. The molecule has 0 saturated heterocycles. The Kier molecular flexibility index (Phi) is 4.07. The predicted molar refractivity (Wildman–Crippen MR) is 114 cm³/mol. The van der Waals surface area contributed by atoms with Gasteiger partial charge in [-0.1, -0.05) is 24.3 Å². The average Bonchev–Trinajstić information content (AvgIpc) is 3.35. The number of pyridine rings is 1. The summed E-state index contributed by atoms with van der Waals surface area (Å²) in [4.78, 5) is 8.49. The van der Waals surface area contributed by atoms with E-state index in [0.717, 1.165) is 44.5 Å². The van der Waals surface area contributed by atoms with E-state index in [1.54, 1.807) is 18.3 Å². The molecule has 0 bridgehead atoms. The van der Waals surface area contributed by atoms with Gasteiger partial charge in [-0.25, -0.2) is 13.4 Å². The molecule has 2 aromatic carbocycles. The van der Waals surface area contributed by atoms with Gasteiger partial charge in [0.05, 0.1) is 10.4 Å². The van der Waals surface area contributed by atoms with Crippen LogP contribution < -0.4 is 4.72 Å². The minimum atomic E-state index is -3.75. The SMILES string of the molecule is Cn1cc(-c2cccc3ncccc23)c2ccc(S(=O)(=O)Nc3ncns3)cc21. The normalized spacial score (nSPS) is 11.9. The molecule has 0 radical (unpaired) electrons. The Hall–Kier alpha value is -3.30. The Bertz CT molecular complexity index is 1450. The smallest absolute Gasteiger partial charge is 0.263 e. The molecule has 1 N–H and O–H groups in total. The van der Waals surface area contributed by atoms with Crippen LogP contribution in [0.15, 0.2) is 72.1 Å². The fourth-order valence-corrected chi connectivity index (χ4v) is 5.16. The molecule has 3 aromatic heterocycles. The second-order valence-electron chi connectivity index (χ2n) is 6.56. The molecular formula is C20H15N5O2S2. The summed E-state index contributed by atoms with van der Waals surface area (Å²) in [5.41, 5.74) is 3.83. The lowest BCUT2D eigenvalue weighted by Gasteiger charge is -2.07. The molecule has 5 aromatic rings. The first-order valence-corrected chi connectivity index (χ1v) is 11.0. The Morgan fingerprint density at radius 2 is 1.90 bits per heavy atom. The fraction of sp³-hybridized carbons (Fsp3) is 0.0500. The topological polar surface area (TPSA) is 89.8 Å². The molecule has 0 aliphatic rings. The van der Waals surface area contributed by atoms with Gasteiger partial charge in [0.2, 0.25) is 5.13 Å². The van der Waals surface area contributed by atoms with Gasteiger partial charge < -0.3 is 4.57 Å². The van der Waals surface area contributed by atoms with Crippen LogP contribution in [0.25, 0.3) is 32.9 Å². The zero-order valence-corrected chi connectivity index (χ0v) is 16.9. The van der Waals surface area contributed by atoms with E-state index in [1.807, 2.05) is 48.1 Å². The Labute approximate surface area is 170 Å². The van der Waals surface area contributed by atoms with Gasteiger partial charge in [0.15, 0.2) is 0 Å². The van der Waals surface area contributed by atoms with Gasteiger partial charge in [0.1, 0.15) is 6.33 Å². The number of fused-ring (bicyclic) bond motifs is 2. The van der Waals surface area contributed by atoms with E-state index in [-0.39, 0.29) is 10.0 Å². The van der Waals surface area contributed by atoms with Gasteiger partial charge in [-0.2, -0.15) is 4.37 Å². The first-order valence-electron chi connectivity index (χ1n) is 8.76. The summed E-state index contributed by atoms with van der Waals surface area (Å²) in [5, 5.41) is 2.26. The molecule has 0 unspecified atom stereocenters. The third-order valence-corrected chi connectivity index (χ3v) is 6.84. The first-order chi connectivity index (χ1) is 14.0. The van der Waals surface area contributed by atoms with Gasteiger partial charge in [-0.05, 0) is 29.8 Å². The first kappa shape index (κ1) is 17.8. The lowest BCUT2D eigenvalue weighted by Crippen LogP contribution is -2.12. The van der Waals surface area contributed by atoms with E-state index in [1.165, 1.54) is 6.33 Å². The summed E-state index contributed by atoms with van der Waals surface area (Å²) in [6, 6.07) is 15.1. The summed E-state index contributed by atoms with van der Waals surface area (Å²) in [6.07, 6.45) is 5.10. The molecular weight excluding hydrogens is 406 g/mol. The largest absolute Gasteiger partial charge is 0.350 e. The third kappa shape index (κ3) is 3.04. The fourth-order valence-electron chi connectivity index (χ4n) is 3.48. The third-order valence-electron chi connectivity index (χ3n) is 4.79. The maximum atomic E-state index is 12.7. The molecule has 0 aliphatic heterocycles. The van der Waals surface area contributed by atoms with Crippen molar-refractivity contribution in [3.05, 3.63) is 67.3 Å². The highest BCUT2D eigenvalue weighted by atomic mass is 32.2. The second-order valence-corrected chi connectivity index (χ2v) is 9.02. The highest BCUT2D eigenvalue weighted by Crippen LogP contribution is 2.35. The molecule has 7 nitrogen and oxygen atoms in total. The van der Waals surface area contributed by atoms with Crippen molar-refractivity contribution in [2.45, 2.75) is 4.90 Å². The van der Waals surface area contributed by atoms with Crippen LogP contribution in [0.3, 0.4) is 0 Å². The van der Waals surface area contributed by atoms with Gasteiger partial charge in [0, 0.05) is 52.8 Å². The average molecular weight is 422 g/mol. The standard InChI is InChI=1S/C20H15N5O2S2/c1-25-11-17(14-4-2-6-18-15(14)5-3-9-21-18)16-8-7-13(10-19(16)25)29(26,27)24-20-22-12-23-28-20/h2-12H,1H3,(H,22,23,24). The minimum Gasteiger partial charge on any atom is -0.350 e. The number of hydrogen-bond acceptors (Lipinski definition) is 6. The summed E-state index contributed by atoms with van der Waals surface area (Å²) < 4.78 is 33.6. The number of anilines is 1. The van der Waals surface area contributed by atoms with Crippen LogP contribution in [0.4, 0.5) is 5.13 Å². The Morgan fingerprint density at radius 3 is 2.72 bits per heavy atom. The quantitative estimate of drug-likeness (QED) is 0.473. The lowest BCUT2D eigenvalue weighted by atomic mass is 10.0. The van der Waals surface area contributed by atoms with Crippen LogP contribution in [-0.2, 0) is 17.1 Å². The van der Waals surface area contributed by atoms with E-state index >= 15 is 0 Å². The summed E-state index contributed by atoms with van der Waals surface area (Å²) in [7, 11) is -1.84. The zero-order chi connectivity index (χ0) is 20.0. The van der Waals surface area contributed by atoms with Crippen LogP contribution >= 0.6 is 11.5 Å². The van der Waals surface area contributed by atoms with Crippen molar-refractivity contribution in [2.24, 2.45) is 7.05 Å². The number of hydrogen-bond donors (Lipinski definition) is 1. The number of nitrogens with one attached hydrogen (secondary N) is 1. The molecule has 3 heterocycles. The Morgan fingerprint density at radius 1 is 1.00 bits per heavy atom. The van der Waals surface area contributed by atoms with Gasteiger partial charge in [-0.3, -0.25) is 9.71 Å². The van der Waals surface area contributed by atoms with Crippen molar-refractivity contribution in [2.75, 3.05) is 4.72 Å². The van der Waals surface area contributed by atoms with Crippen LogP contribution in [0.5, 0.6) is 0 Å². The Balaban J connectivity index is 1.65. The van der Waals surface area contributed by atoms with Crippen LogP contribution in [-0.4, -0.2) is 27.3 Å². The molecule has 0 spiro atoms. The van der Waals surface area contributed by atoms with E-state index in [0.29, 0.717) is 0 Å². The molecule has 144 valence electrons. The molecule has 0 fully saturated rings. The highest BCUT2D eigenvalue weighted by Gasteiger charge is 2.19. The van der Waals surface area contributed by atoms with Gasteiger partial charge in [0.25, 0.3) is 10.0 Å². The number of sulfonamides is 1. The van der Waals surface area contributed by atoms with Crippen molar-refractivity contribution in [3.8, 4) is 11.1 Å². The number of rotatable bonds is 4. The van der Waals surface area contributed by atoms with Crippen LogP contribution in [0, 0.1) is 0 Å². The molecule has 5 rings (SSSR count). The number of aromatic nitrogens is 4.